The highest BCUT2D eigenvalue weighted by molar-refractivity contribution is 5.95. The first kappa shape index (κ1) is 29.8. The second kappa shape index (κ2) is 11.6. The number of hydrogen-bond donors (Lipinski definition) is 0. The lowest BCUT2D eigenvalue weighted by atomic mass is 9.66. The Labute approximate surface area is 309 Å². The monoisotopic (exact) mass is 675 g/mol. The molecule has 2 heteroatoms. The lowest BCUT2D eigenvalue weighted by Gasteiger charge is -2.35. The van der Waals surface area contributed by atoms with Gasteiger partial charge in [-0.15, -0.1) is 0 Å². The Hall–Kier alpha value is -6.90. The van der Waals surface area contributed by atoms with Crippen molar-refractivity contribution in [2.24, 2.45) is 0 Å². The predicted molar refractivity (Wildman–Crippen MR) is 218 cm³/mol. The predicted octanol–water partition coefficient (Wildman–Crippen LogP) is 13.4. The van der Waals surface area contributed by atoms with Crippen LogP contribution in [0.3, 0.4) is 0 Å². The lowest BCUT2D eigenvalue weighted by Crippen LogP contribution is -2.29. The van der Waals surface area contributed by atoms with Crippen LogP contribution in [0, 0.1) is 0 Å². The molecule has 0 saturated heterocycles. The van der Waals surface area contributed by atoms with Crippen molar-refractivity contribution in [3.05, 3.63) is 221 Å². The zero-order chi connectivity index (χ0) is 34.9. The third kappa shape index (κ3) is 4.33. The molecule has 2 aliphatic carbocycles. The van der Waals surface area contributed by atoms with Crippen LogP contribution < -0.4 is 9.64 Å². The van der Waals surface area contributed by atoms with Gasteiger partial charge in [0, 0.05) is 28.2 Å². The summed E-state index contributed by atoms with van der Waals surface area (Å²) in [6.45, 7) is 0. The topological polar surface area (TPSA) is 12.5 Å². The molecule has 2 nitrogen and oxygen atoms in total. The number of rotatable bonds is 3. The maximum absolute atomic E-state index is 6.64. The summed E-state index contributed by atoms with van der Waals surface area (Å²) < 4.78 is 6.64. The highest BCUT2D eigenvalue weighted by Gasteiger charge is 2.48. The average Bonchev–Trinajstić information content (AvgIpc) is 3.32. The second-order valence-corrected chi connectivity index (χ2v) is 14.0. The Morgan fingerprint density at radius 3 is 1.53 bits per heavy atom. The Kier molecular flexibility index (Phi) is 6.50. The molecule has 0 amide bonds. The number of para-hydroxylation sites is 2. The van der Waals surface area contributed by atoms with Gasteiger partial charge in [0.25, 0.3) is 0 Å². The molecule has 0 saturated carbocycles. The van der Waals surface area contributed by atoms with E-state index in [0.29, 0.717) is 0 Å². The number of anilines is 3. The van der Waals surface area contributed by atoms with Crippen LogP contribution in [0.4, 0.5) is 17.1 Å². The molecule has 11 rings (SSSR count). The van der Waals surface area contributed by atoms with Gasteiger partial charge in [-0.2, -0.15) is 0 Å². The van der Waals surface area contributed by atoms with Crippen LogP contribution in [-0.2, 0) is 5.41 Å². The standard InChI is InChI=1S/C51H33NO/c1-2-16-36(17-3-1)52(38-29-31-50-44(33-38)40-19-7-6-18-39(40)42-21-9-13-25-49(42)53-50)37-28-30-48-43(32-37)41-20-8-12-24-47(41)51(48)45-22-10-4-14-34(45)26-27-35-15-5-11-23-46(35)51/h1-33H. The van der Waals surface area contributed by atoms with Crippen LogP contribution in [-0.4, -0.2) is 0 Å². The van der Waals surface area contributed by atoms with Gasteiger partial charge in [0.05, 0.1) is 5.41 Å². The highest BCUT2D eigenvalue weighted by atomic mass is 16.5. The summed E-state index contributed by atoms with van der Waals surface area (Å²) in [4.78, 5) is 2.38. The zero-order valence-electron chi connectivity index (χ0n) is 28.9. The molecule has 1 heterocycles. The first-order valence-electron chi connectivity index (χ1n) is 18.3. The summed E-state index contributed by atoms with van der Waals surface area (Å²) in [5.41, 5.74) is 17.6. The van der Waals surface area contributed by atoms with Crippen molar-refractivity contribution in [2.45, 2.75) is 5.41 Å². The molecule has 1 spiro atoms. The van der Waals surface area contributed by atoms with Crippen LogP contribution in [0.1, 0.15) is 33.4 Å². The van der Waals surface area contributed by atoms with Gasteiger partial charge in [-0.1, -0.05) is 152 Å². The number of ether oxygens (including phenoxy) is 1. The van der Waals surface area contributed by atoms with E-state index in [0.717, 1.165) is 45.3 Å². The molecular formula is C51H33NO. The third-order valence-corrected chi connectivity index (χ3v) is 11.3. The van der Waals surface area contributed by atoms with Gasteiger partial charge in [-0.05, 0) is 104 Å². The van der Waals surface area contributed by atoms with E-state index >= 15 is 0 Å². The van der Waals surface area contributed by atoms with E-state index in [-0.39, 0.29) is 0 Å². The van der Waals surface area contributed by atoms with Gasteiger partial charge in [0.2, 0.25) is 0 Å². The quantitative estimate of drug-likeness (QED) is 0.185. The maximum atomic E-state index is 6.64. The van der Waals surface area contributed by atoms with Crippen molar-refractivity contribution >= 4 is 29.2 Å². The van der Waals surface area contributed by atoms with E-state index in [1.165, 1.54) is 50.1 Å². The van der Waals surface area contributed by atoms with E-state index in [1.54, 1.807) is 0 Å². The number of nitrogens with zero attached hydrogens (tertiary/aromatic N) is 1. The minimum Gasteiger partial charge on any atom is -0.456 e. The molecule has 0 radical (unpaired) electrons. The normalized spacial score (nSPS) is 13.5. The summed E-state index contributed by atoms with van der Waals surface area (Å²) in [6, 6.07) is 68.2. The van der Waals surface area contributed by atoms with Crippen LogP contribution in [0.5, 0.6) is 11.5 Å². The van der Waals surface area contributed by atoms with E-state index in [2.05, 4.69) is 199 Å². The van der Waals surface area contributed by atoms with Gasteiger partial charge < -0.3 is 9.64 Å². The summed E-state index contributed by atoms with van der Waals surface area (Å²) in [5.74, 6) is 1.72. The molecule has 3 aliphatic rings. The van der Waals surface area contributed by atoms with Gasteiger partial charge >= 0.3 is 0 Å². The largest absolute Gasteiger partial charge is 0.456 e. The van der Waals surface area contributed by atoms with Crippen LogP contribution in [0.2, 0.25) is 0 Å². The van der Waals surface area contributed by atoms with Crippen molar-refractivity contribution in [3.63, 3.8) is 0 Å². The van der Waals surface area contributed by atoms with Crippen molar-refractivity contribution < 1.29 is 4.74 Å². The minimum atomic E-state index is -0.459. The summed E-state index contributed by atoms with van der Waals surface area (Å²) in [7, 11) is 0. The Morgan fingerprint density at radius 2 is 0.811 bits per heavy atom. The fourth-order valence-corrected chi connectivity index (χ4v) is 9.11. The fraction of sp³-hybridized carbons (Fsp3) is 0.0196. The molecule has 53 heavy (non-hydrogen) atoms. The molecule has 248 valence electrons. The van der Waals surface area contributed by atoms with Crippen molar-refractivity contribution in [2.75, 3.05) is 4.90 Å². The maximum Gasteiger partial charge on any atom is 0.135 e. The molecular weight excluding hydrogens is 643 g/mol. The van der Waals surface area contributed by atoms with Crippen LogP contribution in [0.25, 0.3) is 45.5 Å². The summed E-state index contributed by atoms with van der Waals surface area (Å²) in [6.07, 6.45) is 4.57. The smallest absolute Gasteiger partial charge is 0.135 e. The second-order valence-electron chi connectivity index (χ2n) is 14.0. The van der Waals surface area contributed by atoms with E-state index < -0.39 is 5.41 Å². The summed E-state index contributed by atoms with van der Waals surface area (Å²) in [5, 5.41) is 0. The van der Waals surface area contributed by atoms with E-state index in [4.69, 9.17) is 4.74 Å². The summed E-state index contributed by atoms with van der Waals surface area (Å²) >= 11 is 0. The molecule has 0 aromatic heterocycles. The molecule has 0 bridgehead atoms. The Bertz CT molecular complexity index is 2730. The first-order valence-corrected chi connectivity index (χ1v) is 18.3. The Balaban J connectivity index is 1.14. The molecule has 0 fully saturated rings. The van der Waals surface area contributed by atoms with Crippen molar-refractivity contribution in [1.29, 1.82) is 0 Å². The number of hydrogen-bond acceptors (Lipinski definition) is 2. The van der Waals surface area contributed by atoms with Crippen molar-refractivity contribution in [3.8, 4) is 44.9 Å². The molecule has 8 aromatic carbocycles. The van der Waals surface area contributed by atoms with E-state index in [1.807, 2.05) is 6.07 Å². The van der Waals surface area contributed by atoms with Crippen molar-refractivity contribution in [1.82, 2.24) is 0 Å². The molecule has 0 unspecified atom stereocenters. The average molecular weight is 676 g/mol. The SMILES string of the molecule is C1=Cc2ccccc2C2(c3ccccc31)c1ccccc1-c1cc(N(c3ccccc3)c3ccc4c(c3)-c3ccccc3-c3ccccc3O4)ccc12. The molecule has 8 aromatic rings. The minimum absolute atomic E-state index is 0.459. The molecule has 0 atom stereocenters. The molecule has 0 N–H and O–H groups in total. The first-order chi connectivity index (χ1) is 26.3. The number of benzene rings is 8. The Morgan fingerprint density at radius 1 is 0.321 bits per heavy atom. The zero-order valence-corrected chi connectivity index (χ0v) is 28.9. The van der Waals surface area contributed by atoms with Crippen LogP contribution >= 0.6 is 0 Å². The third-order valence-electron chi connectivity index (χ3n) is 11.3. The fourth-order valence-electron chi connectivity index (χ4n) is 9.11. The van der Waals surface area contributed by atoms with Gasteiger partial charge in [-0.25, -0.2) is 0 Å². The lowest BCUT2D eigenvalue weighted by molar-refractivity contribution is 0.488. The van der Waals surface area contributed by atoms with Gasteiger partial charge in [-0.3, -0.25) is 0 Å². The molecule has 1 aliphatic heterocycles. The van der Waals surface area contributed by atoms with Gasteiger partial charge in [0.15, 0.2) is 0 Å². The number of fused-ring (bicyclic) bond motifs is 14. The van der Waals surface area contributed by atoms with Crippen LogP contribution in [0.15, 0.2) is 188 Å². The van der Waals surface area contributed by atoms with Gasteiger partial charge in [0.1, 0.15) is 11.5 Å². The van der Waals surface area contributed by atoms with E-state index in [9.17, 15) is 0 Å². The highest BCUT2D eigenvalue weighted by Crippen LogP contribution is 2.59.